The summed E-state index contributed by atoms with van der Waals surface area (Å²) in [5, 5.41) is 2.94. The molecular weight excluding hydrogens is 174 g/mol. The van der Waals surface area contributed by atoms with Crippen LogP contribution in [0.4, 0.5) is 0 Å². The van der Waals surface area contributed by atoms with E-state index < -0.39 is 9.84 Å². The van der Waals surface area contributed by atoms with Crippen LogP contribution in [0.2, 0.25) is 0 Å². The second kappa shape index (κ2) is 3.75. The van der Waals surface area contributed by atoms with E-state index in [-0.39, 0.29) is 17.0 Å². The SMILES string of the molecule is CCS(=O)(=O)C1CCCC1NC. The van der Waals surface area contributed by atoms with Gasteiger partial charge in [-0.05, 0) is 19.9 Å². The molecule has 1 rings (SSSR count). The third kappa shape index (κ3) is 1.80. The summed E-state index contributed by atoms with van der Waals surface area (Å²) in [6, 6.07) is 0.190. The van der Waals surface area contributed by atoms with Crippen molar-refractivity contribution in [2.24, 2.45) is 0 Å². The largest absolute Gasteiger partial charge is 0.316 e. The summed E-state index contributed by atoms with van der Waals surface area (Å²) in [6.45, 7) is 1.72. The molecule has 3 nitrogen and oxygen atoms in total. The molecule has 0 spiro atoms. The molecule has 0 aromatic heterocycles. The first-order chi connectivity index (χ1) is 5.61. The van der Waals surface area contributed by atoms with Crippen molar-refractivity contribution in [3.63, 3.8) is 0 Å². The molecule has 0 amide bonds. The molecule has 1 N–H and O–H groups in total. The summed E-state index contributed by atoms with van der Waals surface area (Å²) >= 11 is 0. The maximum atomic E-state index is 11.5. The Kier molecular flexibility index (Phi) is 3.12. The molecule has 0 radical (unpaired) electrons. The molecule has 0 aliphatic heterocycles. The van der Waals surface area contributed by atoms with E-state index in [0.717, 1.165) is 19.3 Å². The van der Waals surface area contributed by atoms with E-state index >= 15 is 0 Å². The lowest BCUT2D eigenvalue weighted by molar-refractivity contribution is 0.539. The molecule has 4 heteroatoms. The van der Waals surface area contributed by atoms with Crippen LogP contribution >= 0.6 is 0 Å². The van der Waals surface area contributed by atoms with Crippen LogP contribution in [0.5, 0.6) is 0 Å². The maximum Gasteiger partial charge on any atom is 0.154 e. The van der Waals surface area contributed by atoms with Crippen LogP contribution in [-0.2, 0) is 9.84 Å². The summed E-state index contributed by atoms with van der Waals surface area (Å²) in [4.78, 5) is 0. The fourth-order valence-corrected chi connectivity index (χ4v) is 3.63. The van der Waals surface area contributed by atoms with Crippen molar-refractivity contribution >= 4 is 9.84 Å². The molecule has 1 aliphatic carbocycles. The molecule has 12 heavy (non-hydrogen) atoms. The smallest absolute Gasteiger partial charge is 0.154 e. The highest BCUT2D eigenvalue weighted by molar-refractivity contribution is 7.92. The van der Waals surface area contributed by atoms with Crippen molar-refractivity contribution in [3.05, 3.63) is 0 Å². The summed E-state index contributed by atoms with van der Waals surface area (Å²) in [6.07, 6.45) is 2.87. The molecule has 0 heterocycles. The van der Waals surface area contributed by atoms with E-state index in [1.54, 1.807) is 6.92 Å². The van der Waals surface area contributed by atoms with E-state index in [9.17, 15) is 8.42 Å². The quantitative estimate of drug-likeness (QED) is 0.709. The summed E-state index contributed by atoms with van der Waals surface area (Å²) in [7, 11) is -0.980. The number of nitrogens with one attached hydrogen (secondary N) is 1. The van der Waals surface area contributed by atoms with Gasteiger partial charge in [-0.25, -0.2) is 8.42 Å². The summed E-state index contributed by atoms with van der Waals surface area (Å²) < 4.78 is 23.1. The highest BCUT2D eigenvalue weighted by Gasteiger charge is 2.34. The first-order valence-corrected chi connectivity index (χ1v) is 6.22. The molecule has 1 aliphatic rings. The van der Waals surface area contributed by atoms with Crippen LogP contribution < -0.4 is 5.32 Å². The van der Waals surface area contributed by atoms with Gasteiger partial charge in [-0.2, -0.15) is 0 Å². The summed E-state index contributed by atoms with van der Waals surface area (Å²) in [5.41, 5.74) is 0. The van der Waals surface area contributed by atoms with Gasteiger partial charge in [-0.3, -0.25) is 0 Å². The minimum Gasteiger partial charge on any atom is -0.316 e. The Balaban J connectivity index is 2.74. The Bertz CT molecular complexity index is 235. The minimum absolute atomic E-state index is 0.132. The maximum absolute atomic E-state index is 11.5. The Morgan fingerprint density at radius 3 is 2.58 bits per heavy atom. The van der Waals surface area contributed by atoms with Crippen molar-refractivity contribution < 1.29 is 8.42 Å². The Morgan fingerprint density at radius 1 is 1.42 bits per heavy atom. The predicted octanol–water partition coefficient (Wildman–Crippen LogP) is 0.562. The average molecular weight is 191 g/mol. The number of rotatable bonds is 3. The molecule has 72 valence electrons. The van der Waals surface area contributed by atoms with Crippen LogP contribution in [0.1, 0.15) is 26.2 Å². The van der Waals surface area contributed by atoms with Gasteiger partial charge in [-0.15, -0.1) is 0 Å². The zero-order valence-corrected chi connectivity index (χ0v) is 8.52. The van der Waals surface area contributed by atoms with Gasteiger partial charge in [0, 0.05) is 11.8 Å². The number of sulfone groups is 1. The van der Waals surface area contributed by atoms with Crippen molar-refractivity contribution in [3.8, 4) is 0 Å². The van der Waals surface area contributed by atoms with Crippen molar-refractivity contribution in [2.75, 3.05) is 12.8 Å². The second-order valence-electron chi connectivity index (χ2n) is 3.32. The van der Waals surface area contributed by atoms with Gasteiger partial charge in [-0.1, -0.05) is 13.3 Å². The standard InChI is InChI=1S/C8H17NO2S/c1-3-12(10,11)8-6-4-5-7(8)9-2/h7-9H,3-6H2,1-2H3. The third-order valence-corrected chi connectivity index (χ3v) is 4.98. The second-order valence-corrected chi connectivity index (χ2v) is 5.82. The highest BCUT2D eigenvalue weighted by Crippen LogP contribution is 2.25. The Hall–Kier alpha value is -0.0900. The van der Waals surface area contributed by atoms with Crippen molar-refractivity contribution in [2.45, 2.75) is 37.5 Å². The summed E-state index contributed by atoms with van der Waals surface area (Å²) in [5.74, 6) is 0.274. The first kappa shape index (κ1) is 9.99. The molecule has 1 fully saturated rings. The molecule has 0 aromatic carbocycles. The van der Waals surface area contributed by atoms with Gasteiger partial charge in [0.15, 0.2) is 9.84 Å². The van der Waals surface area contributed by atoms with Gasteiger partial charge in [0.05, 0.1) is 5.25 Å². The molecule has 0 saturated heterocycles. The Labute approximate surface area is 74.5 Å². The van der Waals surface area contributed by atoms with Gasteiger partial charge < -0.3 is 5.32 Å². The molecule has 0 bridgehead atoms. The van der Waals surface area contributed by atoms with E-state index in [1.807, 2.05) is 7.05 Å². The van der Waals surface area contributed by atoms with E-state index in [1.165, 1.54) is 0 Å². The van der Waals surface area contributed by atoms with Crippen molar-refractivity contribution in [1.82, 2.24) is 5.32 Å². The minimum atomic E-state index is -2.82. The lowest BCUT2D eigenvalue weighted by Gasteiger charge is -2.17. The van der Waals surface area contributed by atoms with Crippen LogP contribution in [0.15, 0.2) is 0 Å². The van der Waals surface area contributed by atoms with Crippen LogP contribution in [0.3, 0.4) is 0 Å². The van der Waals surface area contributed by atoms with E-state index in [2.05, 4.69) is 5.32 Å². The topological polar surface area (TPSA) is 46.2 Å². The number of hydrogen-bond acceptors (Lipinski definition) is 3. The highest BCUT2D eigenvalue weighted by atomic mass is 32.2. The van der Waals surface area contributed by atoms with E-state index in [0.29, 0.717) is 0 Å². The van der Waals surface area contributed by atoms with Gasteiger partial charge >= 0.3 is 0 Å². The lowest BCUT2D eigenvalue weighted by atomic mass is 10.2. The number of hydrogen-bond donors (Lipinski definition) is 1. The molecular formula is C8H17NO2S. The normalized spacial score (nSPS) is 30.8. The molecule has 0 aromatic rings. The zero-order chi connectivity index (χ0) is 9.19. The van der Waals surface area contributed by atoms with Gasteiger partial charge in [0.2, 0.25) is 0 Å². The molecule has 2 unspecified atom stereocenters. The monoisotopic (exact) mass is 191 g/mol. The average Bonchev–Trinajstić information content (AvgIpc) is 2.52. The van der Waals surface area contributed by atoms with Crippen LogP contribution in [0, 0.1) is 0 Å². The molecule has 2 atom stereocenters. The van der Waals surface area contributed by atoms with Gasteiger partial charge in [0.25, 0.3) is 0 Å². The first-order valence-electron chi connectivity index (χ1n) is 4.50. The van der Waals surface area contributed by atoms with E-state index in [4.69, 9.17) is 0 Å². The molecule has 1 saturated carbocycles. The zero-order valence-electron chi connectivity index (χ0n) is 7.71. The van der Waals surface area contributed by atoms with Crippen LogP contribution in [0.25, 0.3) is 0 Å². The fourth-order valence-electron chi connectivity index (χ4n) is 1.90. The predicted molar refractivity (Wildman–Crippen MR) is 49.9 cm³/mol. The van der Waals surface area contributed by atoms with Crippen molar-refractivity contribution in [1.29, 1.82) is 0 Å². The fraction of sp³-hybridized carbons (Fsp3) is 1.00. The van der Waals surface area contributed by atoms with Gasteiger partial charge in [0.1, 0.15) is 0 Å². The van der Waals surface area contributed by atoms with Crippen LogP contribution in [-0.4, -0.2) is 32.5 Å². The Morgan fingerprint density at radius 2 is 2.08 bits per heavy atom. The lowest BCUT2D eigenvalue weighted by Crippen LogP contribution is -2.38. The third-order valence-electron chi connectivity index (χ3n) is 2.69.